The number of anilines is 1. The van der Waals surface area contributed by atoms with Gasteiger partial charge in [0, 0.05) is 19.3 Å². The van der Waals surface area contributed by atoms with Crippen molar-refractivity contribution in [1.82, 2.24) is 4.98 Å². The summed E-state index contributed by atoms with van der Waals surface area (Å²) in [6.07, 6.45) is 1.61. The Labute approximate surface area is 94.6 Å². The topological polar surface area (TPSA) is 70.5 Å². The maximum absolute atomic E-state index is 11.2. The van der Waals surface area contributed by atoms with E-state index in [1.165, 1.54) is 0 Å². The lowest BCUT2D eigenvalue weighted by atomic mass is 10.3. The molecule has 1 aliphatic rings. The van der Waals surface area contributed by atoms with Gasteiger partial charge in [-0.1, -0.05) is 6.07 Å². The summed E-state index contributed by atoms with van der Waals surface area (Å²) < 4.78 is 22.5. The van der Waals surface area contributed by atoms with Gasteiger partial charge in [-0.05, 0) is 11.6 Å². The Bertz CT molecular complexity index is 441. The van der Waals surface area contributed by atoms with E-state index in [4.69, 9.17) is 5.11 Å². The summed E-state index contributed by atoms with van der Waals surface area (Å²) in [6.45, 7) is 0.962. The van der Waals surface area contributed by atoms with Gasteiger partial charge in [-0.25, -0.2) is 13.4 Å². The van der Waals surface area contributed by atoms with Crippen LogP contribution in [-0.4, -0.2) is 43.1 Å². The Balaban J connectivity index is 2.08. The van der Waals surface area contributed by atoms with Gasteiger partial charge in [0.2, 0.25) is 0 Å². The summed E-state index contributed by atoms with van der Waals surface area (Å²) >= 11 is 0. The molecule has 0 unspecified atom stereocenters. The molecule has 1 N–H and O–H groups in total. The van der Waals surface area contributed by atoms with Crippen molar-refractivity contribution < 1.29 is 13.5 Å². The molecule has 5 nitrogen and oxygen atoms in total. The molecule has 1 saturated heterocycles. The van der Waals surface area contributed by atoms with E-state index < -0.39 is 9.84 Å². The molecule has 0 radical (unpaired) electrons. The van der Waals surface area contributed by atoms with Crippen LogP contribution in [0.1, 0.15) is 5.56 Å². The SMILES string of the molecule is O=S1(=O)CCN(c2ccc(CO)cn2)CC1. The number of aliphatic hydroxyl groups is 1. The quantitative estimate of drug-likeness (QED) is 0.778. The Morgan fingerprint density at radius 2 is 2.00 bits per heavy atom. The van der Waals surface area contributed by atoms with Crippen LogP contribution in [0.25, 0.3) is 0 Å². The minimum absolute atomic E-state index is 0.0261. The van der Waals surface area contributed by atoms with Crippen LogP contribution < -0.4 is 4.90 Å². The summed E-state index contributed by atoms with van der Waals surface area (Å²) in [5.41, 5.74) is 0.758. The van der Waals surface area contributed by atoms with Gasteiger partial charge in [0.15, 0.2) is 9.84 Å². The number of hydrogen-bond acceptors (Lipinski definition) is 5. The zero-order valence-corrected chi connectivity index (χ0v) is 9.65. The number of nitrogens with zero attached hydrogens (tertiary/aromatic N) is 2. The lowest BCUT2D eigenvalue weighted by molar-refractivity contribution is 0.281. The zero-order chi connectivity index (χ0) is 11.6. The molecule has 0 spiro atoms. The lowest BCUT2D eigenvalue weighted by Crippen LogP contribution is -2.40. The van der Waals surface area contributed by atoms with Crippen molar-refractivity contribution in [2.24, 2.45) is 0 Å². The van der Waals surface area contributed by atoms with Crippen molar-refractivity contribution in [3.63, 3.8) is 0 Å². The number of aromatic nitrogens is 1. The van der Waals surface area contributed by atoms with Crippen molar-refractivity contribution in [2.45, 2.75) is 6.61 Å². The summed E-state index contributed by atoms with van der Waals surface area (Å²) in [5, 5.41) is 8.87. The van der Waals surface area contributed by atoms with E-state index in [0.29, 0.717) is 13.1 Å². The normalized spacial score (nSPS) is 19.7. The molecule has 1 aromatic rings. The van der Waals surface area contributed by atoms with Crippen LogP contribution in [0.5, 0.6) is 0 Å². The van der Waals surface area contributed by atoms with E-state index >= 15 is 0 Å². The average Bonchev–Trinajstić information content (AvgIpc) is 2.29. The van der Waals surface area contributed by atoms with Crippen molar-refractivity contribution >= 4 is 15.7 Å². The number of aliphatic hydroxyl groups excluding tert-OH is 1. The molecule has 0 saturated carbocycles. The van der Waals surface area contributed by atoms with Crippen LogP contribution in [-0.2, 0) is 16.4 Å². The highest BCUT2D eigenvalue weighted by molar-refractivity contribution is 7.91. The van der Waals surface area contributed by atoms with Crippen LogP contribution in [0.3, 0.4) is 0 Å². The molecule has 0 aliphatic carbocycles. The van der Waals surface area contributed by atoms with E-state index in [0.717, 1.165) is 11.4 Å². The molecule has 1 aromatic heterocycles. The molecule has 0 bridgehead atoms. The van der Waals surface area contributed by atoms with Gasteiger partial charge in [0.05, 0.1) is 18.1 Å². The summed E-state index contributed by atoms with van der Waals surface area (Å²) in [7, 11) is -2.85. The van der Waals surface area contributed by atoms with E-state index in [2.05, 4.69) is 4.98 Å². The minimum Gasteiger partial charge on any atom is -0.392 e. The van der Waals surface area contributed by atoms with Gasteiger partial charge in [-0.3, -0.25) is 0 Å². The molecule has 2 heterocycles. The molecule has 1 fully saturated rings. The standard InChI is InChI=1S/C10H14N2O3S/c13-8-9-1-2-10(11-7-9)12-3-5-16(14,15)6-4-12/h1-2,7,13H,3-6,8H2. The van der Waals surface area contributed by atoms with Crippen molar-refractivity contribution in [3.8, 4) is 0 Å². The highest BCUT2D eigenvalue weighted by atomic mass is 32.2. The highest BCUT2D eigenvalue weighted by Crippen LogP contribution is 2.14. The fourth-order valence-corrected chi connectivity index (χ4v) is 2.84. The van der Waals surface area contributed by atoms with Crippen molar-refractivity contribution in [2.75, 3.05) is 29.5 Å². The van der Waals surface area contributed by atoms with Crippen LogP contribution in [0.2, 0.25) is 0 Å². The van der Waals surface area contributed by atoms with E-state index in [1.807, 2.05) is 11.0 Å². The second-order valence-electron chi connectivity index (χ2n) is 3.82. The fraction of sp³-hybridized carbons (Fsp3) is 0.500. The molecule has 16 heavy (non-hydrogen) atoms. The van der Waals surface area contributed by atoms with E-state index in [-0.39, 0.29) is 18.1 Å². The smallest absolute Gasteiger partial charge is 0.153 e. The summed E-state index contributed by atoms with van der Waals surface area (Å²) in [6, 6.07) is 3.61. The molecule has 6 heteroatoms. The molecular formula is C10H14N2O3S. The van der Waals surface area contributed by atoms with Crippen LogP contribution in [0, 0.1) is 0 Å². The molecule has 0 atom stereocenters. The summed E-state index contributed by atoms with van der Waals surface area (Å²) in [4.78, 5) is 6.14. The predicted molar refractivity (Wildman–Crippen MR) is 61.0 cm³/mol. The maximum Gasteiger partial charge on any atom is 0.153 e. The van der Waals surface area contributed by atoms with Crippen molar-refractivity contribution in [3.05, 3.63) is 23.9 Å². The Morgan fingerprint density at radius 3 is 2.50 bits per heavy atom. The number of pyridine rings is 1. The van der Waals surface area contributed by atoms with Gasteiger partial charge in [0.1, 0.15) is 5.82 Å². The minimum atomic E-state index is -2.85. The largest absolute Gasteiger partial charge is 0.392 e. The third-order valence-corrected chi connectivity index (χ3v) is 4.27. The molecule has 0 amide bonds. The van der Waals surface area contributed by atoms with Crippen molar-refractivity contribution in [1.29, 1.82) is 0 Å². The Kier molecular flexibility index (Phi) is 3.11. The van der Waals surface area contributed by atoms with Crippen LogP contribution in [0.15, 0.2) is 18.3 Å². The van der Waals surface area contributed by atoms with Crippen LogP contribution in [0.4, 0.5) is 5.82 Å². The summed E-state index contributed by atoms with van der Waals surface area (Å²) in [5.74, 6) is 1.15. The zero-order valence-electron chi connectivity index (χ0n) is 8.83. The molecular weight excluding hydrogens is 228 g/mol. The third kappa shape index (κ3) is 2.51. The average molecular weight is 242 g/mol. The predicted octanol–water partition coefficient (Wildman–Crippen LogP) is -0.191. The molecule has 2 rings (SSSR count). The number of sulfone groups is 1. The van der Waals surface area contributed by atoms with Crippen LogP contribution >= 0.6 is 0 Å². The molecule has 1 aliphatic heterocycles. The second kappa shape index (κ2) is 4.39. The van der Waals surface area contributed by atoms with Gasteiger partial charge in [-0.2, -0.15) is 0 Å². The van der Waals surface area contributed by atoms with Gasteiger partial charge < -0.3 is 10.0 Å². The van der Waals surface area contributed by atoms with Gasteiger partial charge in [0.25, 0.3) is 0 Å². The van der Waals surface area contributed by atoms with Gasteiger partial charge >= 0.3 is 0 Å². The second-order valence-corrected chi connectivity index (χ2v) is 6.13. The first-order chi connectivity index (χ1) is 7.61. The number of hydrogen-bond donors (Lipinski definition) is 1. The monoisotopic (exact) mass is 242 g/mol. The first-order valence-corrected chi connectivity index (χ1v) is 6.94. The first kappa shape index (κ1) is 11.3. The van der Waals surface area contributed by atoms with Gasteiger partial charge in [-0.15, -0.1) is 0 Å². The lowest BCUT2D eigenvalue weighted by Gasteiger charge is -2.27. The molecule has 0 aromatic carbocycles. The highest BCUT2D eigenvalue weighted by Gasteiger charge is 2.22. The fourth-order valence-electron chi connectivity index (χ4n) is 1.64. The first-order valence-electron chi connectivity index (χ1n) is 5.12. The molecule has 88 valence electrons. The Hall–Kier alpha value is -1.14. The number of rotatable bonds is 2. The van der Waals surface area contributed by atoms with E-state index in [9.17, 15) is 8.42 Å². The van der Waals surface area contributed by atoms with E-state index in [1.54, 1.807) is 12.3 Å². The maximum atomic E-state index is 11.2. The third-order valence-electron chi connectivity index (χ3n) is 2.66. The Morgan fingerprint density at radius 1 is 1.31 bits per heavy atom.